The highest BCUT2D eigenvalue weighted by Crippen LogP contribution is 2.18. The van der Waals surface area contributed by atoms with Gasteiger partial charge in [-0.25, -0.2) is 4.79 Å². The van der Waals surface area contributed by atoms with Gasteiger partial charge in [0.05, 0.1) is 0 Å². The quantitative estimate of drug-likeness (QED) is 0.897. The van der Waals surface area contributed by atoms with Gasteiger partial charge in [0.25, 0.3) is 0 Å². The molecule has 1 amide bonds. The maximum atomic E-state index is 11.7. The van der Waals surface area contributed by atoms with Gasteiger partial charge >= 0.3 is 6.09 Å². The van der Waals surface area contributed by atoms with E-state index in [1.807, 2.05) is 45.0 Å². The Morgan fingerprint density at radius 1 is 1.23 bits per heavy atom. The molecule has 1 aliphatic rings. The molecule has 122 valence electrons. The van der Waals surface area contributed by atoms with Crippen LogP contribution < -0.4 is 10.6 Å². The van der Waals surface area contributed by atoms with Gasteiger partial charge in [0.1, 0.15) is 5.60 Å². The average molecular weight is 305 g/mol. The molecule has 0 bridgehead atoms. The zero-order valence-electron chi connectivity index (χ0n) is 14.0. The number of likely N-dealkylation sites (N-methyl/N-ethyl adjacent to an activating group) is 1. The average Bonchev–Trinajstić information content (AvgIpc) is 2.39. The van der Waals surface area contributed by atoms with Crippen LogP contribution in [0.4, 0.5) is 16.2 Å². The number of anilines is 2. The molecule has 1 saturated heterocycles. The first-order chi connectivity index (χ1) is 10.3. The lowest BCUT2D eigenvalue weighted by atomic mass is 10.1. The highest BCUT2D eigenvalue weighted by molar-refractivity contribution is 5.85. The van der Waals surface area contributed by atoms with E-state index in [1.54, 1.807) is 0 Å². The summed E-state index contributed by atoms with van der Waals surface area (Å²) < 4.78 is 5.23. The summed E-state index contributed by atoms with van der Waals surface area (Å²) in [6, 6.07) is 8.24. The van der Waals surface area contributed by atoms with Gasteiger partial charge in [0, 0.05) is 24.0 Å². The minimum absolute atomic E-state index is 0.429. The molecule has 22 heavy (non-hydrogen) atoms. The minimum atomic E-state index is -0.488. The van der Waals surface area contributed by atoms with E-state index in [4.69, 9.17) is 4.74 Å². The SMILES string of the molecule is CN1CCCC(Nc2ccc(NC(=O)OC(C)(C)C)cc2)C1. The molecule has 1 heterocycles. The van der Waals surface area contributed by atoms with Gasteiger partial charge in [-0.1, -0.05) is 0 Å². The Hall–Kier alpha value is -1.75. The van der Waals surface area contributed by atoms with E-state index in [-0.39, 0.29) is 0 Å². The highest BCUT2D eigenvalue weighted by Gasteiger charge is 2.17. The maximum Gasteiger partial charge on any atom is 0.412 e. The van der Waals surface area contributed by atoms with E-state index in [0.717, 1.165) is 17.9 Å². The Labute approximate surface area is 133 Å². The summed E-state index contributed by atoms with van der Waals surface area (Å²) in [5.74, 6) is 0. The fourth-order valence-electron chi connectivity index (χ4n) is 2.59. The first-order valence-electron chi connectivity index (χ1n) is 7.87. The van der Waals surface area contributed by atoms with E-state index in [9.17, 15) is 4.79 Å². The van der Waals surface area contributed by atoms with Crippen LogP contribution in [0.5, 0.6) is 0 Å². The third-order valence-electron chi connectivity index (χ3n) is 3.53. The molecule has 1 aromatic rings. The van der Waals surface area contributed by atoms with Crippen molar-refractivity contribution in [3.8, 4) is 0 Å². The van der Waals surface area contributed by atoms with Crippen LogP contribution in [0.3, 0.4) is 0 Å². The van der Waals surface area contributed by atoms with Crippen molar-refractivity contribution in [1.82, 2.24) is 4.90 Å². The molecule has 0 aliphatic carbocycles. The third-order valence-corrected chi connectivity index (χ3v) is 3.53. The molecule has 1 aliphatic heterocycles. The maximum absolute atomic E-state index is 11.7. The zero-order chi connectivity index (χ0) is 16.2. The lowest BCUT2D eigenvalue weighted by molar-refractivity contribution is 0.0636. The number of nitrogens with one attached hydrogen (secondary N) is 2. The van der Waals surface area contributed by atoms with Crippen LogP contribution in [0.25, 0.3) is 0 Å². The molecule has 0 spiro atoms. The number of rotatable bonds is 3. The largest absolute Gasteiger partial charge is 0.444 e. The van der Waals surface area contributed by atoms with Crippen molar-refractivity contribution in [2.75, 3.05) is 30.8 Å². The van der Waals surface area contributed by atoms with Gasteiger partial charge in [0.2, 0.25) is 0 Å². The predicted octanol–water partition coefficient (Wildman–Crippen LogP) is 3.54. The number of amides is 1. The Balaban J connectivity index is 1.86. The van der Waals surface area contributed by atoms with E-state index >= 15 is 0 Å². The second-order valence-electron chi connectivity index (χ2n) is 6.95. The van der Waals surface area contributed by atoms with Crippen molar-refractivity contribution < 1.29 is 9.53 Å². The Bertz CT molecular complexity index is 494. The molecule has 1 unspecified atom stereocenters. The van der Waals surface area contributed by atoms with Crippen LogP contribution in [-0.2, 0) is 4.74 Å². The van der Waals surface area contributed by atoms with Gasteiger partial charge in [-0.15, -0.1) is 0 Å². The molecule has 2 rings (SSSR count). The van der Waals surface area contributed by atoms with Gasteiger partial charge in [0.15, 0.2) is 0 Å². The van der Waals surface area contributed by atoms with Crippen LogP contribution in [0.15, 0.2) is 24.3 Å². The summed E-state index contributed by atoms with van der Waals surface area (Å²) in [7, 11) is 2.15. The highest BCUT2D eigenvalue weighted by atomic mass is 16.6. The van der Waals surface area contributed by atoms with Crippen molar-refractivity contribution in [2.45, 2.75) is 45.3 Å². The molecule has 1 fully saturated rings. The van der Waals surface area contributed by atoms with Gasteiger partial charge in [-0.05, 0) is 71.5 Å². The van der Waals surface area contributed by atoms with Crippen LogP contribution >= 0.6 is 0 Å². The normalized spacial score (nSPS) is 19.5. The Morgan fingerprint density at radius 3 is 2.45 bits per heavy atom. The van der Waals surface area contributed by atoms with Crippen molar-refractivity contribution >= 4 is 17.5 Å². The summed E-state index contributed by atoms with van der Waals surface area (Å²) in [6.45, 7) is 7.79. The van der Waals surface area contributed by atoms with Gasteiger partial charge in [-0.2, -0.15) is 0 Å². The summed E-state index contributed by atoms with van der Waals surface area (Å²) in [4.78, 5) is 14.1. The van der Waals surface area contributed by atoms with E-state index in [1.165, 1.54) is 19.4 Å². The summed E-state index contributed by atoms with van der Waals surface area (Å²) in [5, 5.41) is 6.28. The summed E-state index contributed by atoms with van der Waals surface area (Å²) in [6.07, 6.45) is 2.00. The number of carbonyl (C=O) groups excluding carboxylic acids is 1. The molecular weight excluding hydrogens is 278 g/mol. The van der Waals surface area contributed by atoms with Gasteiger partial charge in [-0.3, -0.25) is 5.32 Å². The summed E-state index contributed by atoms with van der Waals surface area (Å²) >= 11 is 0. The number of likely N-dealkylation sites (tertiary alicyclic amines) is 1. The topological polar surface area (TPSA) is 53.6 Å². The molecule has 5 heteroatoms. The number of hydrogen-bond acceptors (Lipinski definition) is 4. The van der Waals surface area contributed by atoms with E-state index in [2.05, 4.69) is 22.6 Å². The molecule has 0 aromatic heterocycles. The molecular formula is C17H27N3O2. The van der Waals surface area contributed by atoms with Crippen molar-refractivity contribution in [3.63, 3.8) is 0 Å². The first-order valence-corrected chi connectivity index (χ1v) is 7.87. The van der Waals surface area contributed by atoms with Crippen LogP contribution in [0.1, 0.15) is 33.6 Å². The Kier molecular flexibility index (Phi) is 5.29. The number of hydrogen-bond donors (Lipinski definition) is 2. The monoisotopic (exact) mass is 305 g/mol. The van der Waals surface area contributed by atoms with E-state index in [0.29, 0.717) is 6.04 Å². The number of nitrogens with zero attached hydrogens (tertiary/aromatic N) is 1. The standard InChI is InChI=1S/C17H27N3O2/c1-17(2,3)22-16(21)19-14-9-7-13(8-10-14)18-15-6-5-11-20(4)12-15/h7-10,15,18H,5-6,11-12H2,1-4H3,(H,19,21). The molecule has 2 N–H and O–H groups in total. The molecule has 0 radical (unpaired) electrons. The fraction of sp³-hybridized carbons (Fsp3) is 0.588. The fourth-order valence-corrected chi connectivity index (χ4v) is 2.59. The number of piperidine rings is 1. The summed E-state index contributed by atoms with van der Waals surface area (Å²) in [5.41, 5.74) is 1.33. The second kappa shape index (κ2) is 7.01. The molecule has 5 nitrogen and oxygen atoms in total. The first kappa shape index (κ1) is 16.6. The van der Waals surface area contributed by atoms with Gasteiger partial charge < -0.3 is 15.0 Å². The number of benzene rings is 1. The predicted molar refractivity (Wildman–Crippen MR) is 90.4 cm³/mol. The number of ether oxygens (including phenoxy) is 1. The Morgan fingerprint density at radius 2 is 1.86 bits per heavy atom. The van der Waals surface area contributed by atoms with E-state index < -0.39 is 11.7 Å². The van der Waals surface area contributed by atoms with Crippen LogP contribution in [-0.4, -0.2) is 42.8 Å². The van der Waals surface area contributed by atoms with Crippen molar-refractivity contribution in [1.29, 1.82) is 0 Å². The molecule has 1 aromatic carbocycles. The lowest BCUT2D eigenvalue weighted by Crippen LogP contribution is -2.39. The second-order valence-corrected chi connectivity index (χ2v) is 6.95. The lowest BCUT2D eigenvalue weighted by Gasteiger charge is -2.30. The number of carbonyl (C=O) groups is 1. The smallest absolute Gasteiger partial charge is 0.412 e. The van der Waals surface area contributed by atoms with Crippen LogP contribution in [0.2, 0.25) is 0 Å². The molecule has 1 atom stereocenters. The van der Waals surface area contributed by atoms with Crippen molar-refractivity contribution in [2.24, 2.45) is 0 Å². The van der Waals surface area contributed by atoms with Crippen LogP contribution in [0, 0.1) is 0 Å². The zero-order valence-corrected chi connectivity index (χ0v) is 14.0. The molecule has 0 saturated carbocycles. The van der Waals surface area contributed by atoms with Crippen molar-refractivity contribution in [3.05, 3.63) is 24.3 Å². The third kappa shape index (κ3) is 5.56. The minimum Gasteiger partial charge on any atom is -0.444 e.